The van der Waals surface area contributed by atoms with Crippen LogP contribution in [0, 0.1) is 22.9 Å². The Hall–Kier alpha value is -1.03. The molecule has 1 aliphatic rings. The van der Waals surface area contributed by atoms with Gasteiger partial charge in [-0.05, 0) is 31.4 Å². The average Bonchev–Trinajstić information content (AvgIpc) is 2.74. The van der Waals surface area contributed by atoms with E-state index in [0.717, 1.165) is 31.7 Å². The quantitative estimate of drug-likeness (QED) is 0.809. The van der Waals surface area contributed by atoms with E-state index in [2.05, 4.69) is 12.2 Å². The molecule has 1 saturated carbocycles. The molecule has 0 bridgehead atoms. The van der Waals surface area contributed by atoms with Crippen LogP contribution in [0.25, 0.3) is 0 Å². The third-order valence-electron chi connectivity index (χ3n) is 4.08. The van der Waals surface area contributed by atoms with Crippen LogP contribution in [0.4, 0.5) is 13.2 Å². The van der Waals surface area contributed by atoms with Gasteiger partial charge in [-0.2, -0.15) is 0 Å². The highest BCUT2D eigenvalue weighted by Gasteiger charge is 2.38. The summed E-state index contributed by atoms with van der Waals surface area (Å²) in [5.74, 6) is -2.81. The molecule has 1 fully saturated rings. The van der Waals surface area contributed by atoms with Crippen molar-refractivity contribution in [3.63, 3.8) is 0 Å². The molecule has 0 amide bonds. The zero-order chi connectivity index (χ0) is 13.3. The van der Waals surface area contributed by atoms with Crippen LogP contribution >= 0.6 is 0 Å². The summed E-state index contributed by atoms with van der Waals surface area (Å²) >= 11 is 0. The standard InChI is InChI=1S/C14H18F3N/c1-14(5-3-4-6-14)13(18-2)9-7-11(16)12(17)8-10(9)15/h7-8,13,18H,3-6H2,1-2H3. The predicted molar refractivity (Wildman–Crippen MR) is 64.7 cm³/mol. The van der Waals surface area contributed by atoms with Crippen molar-refractivity contribution in [3.8, 4) is 0 Å². The van der Waals surface area contributed by atoms with E-state index in [1.807, 2.05) is 0 Å². The molecule has 1 aliphatic carbocycles. The summed E-state index contributed by atoms with van der Waals surface area (Å²) in [6.07, 6.45) is 4.13. The second-order valence-electron chi connectivity index (χ2n) is 5.37. The zero-order valence-electron chi connectivity index (χ0n) is 10.7. The van der Waals surface area contributed by atoms with E-state index in [4.69, 9.17) is 0 Å². The van der Waals surface area contributed by atoms with Crippen molar-refractivity contribution < 1.29 is 13.2 Å². The third-order valence-corrected chi connectivity index (χ3v) is 4.08. The average molecular weight is 257 g/mol. The van der Waals surface area contributed by atoms with Crippen LogP contribution in [-0.4, -0.2) is 7.05 Å². The molecule has 0 aliphatic heterocycles. The summed E-state index contributed by atoms with van der Waals surface area (Å²) in [7, 11) is 1.73. The van der Waals surface area contributed by atoms with Crippen molar-refractivity contribution >= 4 is 0 Å². The molecule has 0 aromatic heterocycles. The van der Waals surface area contributed by atoms with Crippen molar-refractivity contribution in [2.75, 3.05) is 7.05 Å². The first-order valence-electron chi connectivity index (χ1n) is 6.29. The lowest BCUT2D eigenvalue weighted by Gasteiger charge is -2.34. The van der Waals surface area contributed by atoms with Crippen LogP contribution in [0.15, 0.2) is 12.1 Å². The van der Waals surface area contributed by atoms with Gasteiger partial charge in [0.2, 0.25) is 0 Å². The summed E-state index contributed by atoms with van der Waals surface area (Å²) in [4.78, 5) is 0. The fourth-order valence-electron chi connectivity index (χ4n) is 3.11. The summed E-state index contributed by atoms with van der Waals surface area (Å²) in [5, 5.41) is 3.06. The van der Waals surface area contributed by atoms with E-state index >= 15 is 0 Å². The van der Waals surface area contributed by atoms with E-state index in [1.54, 1.807) is 7.05 Å². The molecule has 0 heterocycles. The second kappa shape index (κ2) is 4.92. The first-order chi connectivity index (χ1) is 8.48. The highest BCUT2D eigenvalue weighted by molar-refractivity contribution is 5.25. The van der Waals surface area contributed by atoms with Gasteiger partial charge in [-0.1, -0.05) is 19.8 Å². The summed E-state index contributed by atoms with van der Waals surface area (Å²) in [6.45, 7) is 2.07. The Morgan fingerprint density at radius 2 is 1.61 bits per heavy atom. The second-order valence-corrected chi connectivity index (χ2v) is 5.37. The number of rotatable bonds is 3. The molecule has 2 rings (SSSR count). The maximum Gasteiger partial charge on any atom is 0.161 e. The Morgan fingerprint density at radius 1 is 1.06 bits per heavy atom. The van der Waals surface area contributed by atoms with Crippen LogP contribution in [0.5, 0.6) is 0 Å². The molecule has 0 spiro atoms. The zero-order valence-corrected chi connectivity index (χ0v) is 10.7. The minimum absolute atomic E-state index is 0.0974. The van der Waals surface area contributed by atoms with E-state index in [-0.39, 0.29) is 17.0 Å². The Kier molecular flexibility index (Phi) is 3.66. The maximum atomic E-state index is 13.8. The molecule has 0 radical (unpaired) electrons. The molecule has 4 heteroatoms. The topological polar surface area (TPSA) is 12.0 Å². The van der Waals surface area contributed by atoms with Gasteiger partial charge in [-0.3, -0.25) is 0 Å². The van der Waals surface area contributed by atoms with Crippen LogP contribution in [0.3, 0.4) is 0 Å². The summed E-state index contributed by atoms with van der Waals surface area (Å²) < 4.78 is 40.1. The SMILES string of the molecule is CNC(c1cc(F)c(F)cc1F)C1(C)CCCC1. The van der Waals surface area contributed by atoms with Crippen molar-refractivity contribution in [1.82, 2.24) is 5.32 Å². The fourth-order valence-corrected chi connectivity index (χ4v) is 3.11. The third kappa shape index (κ3) is 2.26. The first kappa shape index (κ1) is 13.4. The van der Waals surface area contributed by atoms with Crippen LogP contribution < -0.4 is 5.32 Å². The van der Waals surface area contributed by atoms with Crippen LogP contribution in [0.1, 0.15) is 44.2 Å². The van der Waals surface area contributed by atoms with E-state index in [0.29, 0.717) is 6.07 Å². The molecule has 1 atom stereocenters. The number of halogens is 3. The van der Waals surface area contributed by atoms with Crippen molar-refractivity contribution in [3.05, 3.63) is 35.1 Å². The molecular weight excluding hydrogens is 239 g/mol. The molecule has 1 N–H and O–H groups in total. The summed E-state index contributed by atoms with van der Waals surface area (Å²) in [6, 6.07) is 1.33. The Bertz CT molecular complexity index is 439. The van der Waals surface area contributed by atoms with E-state index < -0.39 is 17.5 Å². The summed E-state index contributed by atoms with van der Waals surface area (Å²) in [5.41, 5.74) is 0.126. The Morgan fingerprint density at radius 3 is 2.17 bits per heavy atom. The minimum atomic E-state index is -1.14. The molecule has 0 saturated heterocycles. The molecular formula is C14H18F3N. The lowest BCUT2D eigenvalue weighted by atomic mass is 9.77. The van der Waals surface area contributed by atoms with Gasteiger partial charge in [0.1, 0.15) is 5.82 Å². The maximum absolute atomic E-state index is 13.8. The smallest absolute Gasteiger partial charge is 0.161 e. The minimum Gasteiger partial charge on any atom is -0.312 e. The van der Waals surface area contributed by atoms with Gasteiger partial charge in [-0.15, -0.1) is 0 Å². The largest absolute Gasteiger partial charge is 0.312 e. The van der Waals surface area contributed by atoms with Gasteiger partial charge < -0.3 is 5.32 Å². The fraction of sp³-hybridized carbons (Fsp3) is 0.571. The number of nitrogens with one attached hydrogen (secondary N) is 1. The molecule has 18 heavy (non-hydrogen) atoms. The number of hydrogen-bond acceptors (Lipinski definition) is 1. The van der Waals surface area contributed by atoms with Crippen LogP contribution in [0.2, 0.25) is 0 Å². The van der Waals surface area contributed by atoms with Gasteiger partial charge in [0.05, 0.1) is 0 Å². The van der Waals surface area contributed by atoms with Crippen LogP contribution in [-0.2, 0) is 0 Å². The van der Waals surface area contributed by atoms with E-state index in [9.17, 15) is 13.2 Å². The Labute approximate surface area is 105 Å². The van der Waals surface area contributed by atoms with Crippen molar-refractivity contribution in [2.45, 2.75) is 38.6 Å². The van der Waals surface area contributed by atoms with Gasteiger partial charge in [-0.25, -0.2) is 13.2 Å². The lowest BCUT2D eigenvalue weighted by Crippen LogP contribution is -2.33. The molecule has 1 aromatic carbocycles. The van der Waals surface area contributed by atoms with E-state index in [1.165, 1.54) is 0 Å². The monoisotopic (exact) mass is 257 g/mol. The number of benzene rings is 1. The van der Waals surface area contributed by atoms with Gasteiger partial charge in [0.15, 0.2) is 11.6 Å². The molecule has 100 valence electrons. The molecule has 1 unspecified atom stereocenters. The van der Waals surface area contributed by atoms with Crippen molar-refractivity contribution in [2.24, 2.45) is 5.41 Å². The normalized spacial score (nSPS) is 20.1. The Balaban J connectivity index is 2.41. The van der Waals surface area contributed by atoms with Gasteiger partial charge in [0, 0.05) is 17.7 Å². The first-order valence-corrected chi connectivity index (χ1v) is 6.29. The number of hydrogen-bond donors (Lipinski definition) is 1. The molecule has 1 nitrogen and oxygen atoms in total. The van der Waals surface area contributed by atoms with Crippen molar-refractivity contribution in [1.29, 1.82) is 0 Å². The molecule has 1 aromatic rings. The van der Waals surface area contributed by atoms with Gasteiger partial charge >= 0.3 is 0 Å². The predicted octanol–water partition coefficient (Wildman–Crippen LogP) is 3.94. The van der Waals surface area contributed by atoms with Gasteiger partial charge in [0.25, 0.3) is 0 Å². The highest BCUT2D eigenvalue weighted by atomic mass is 19.2. The highest BCUT2D eigenvalue weighted by Crippen LogP contribution is 2.47. The lowest BCUT2D eigenvalue weighted by molar-refractivity contribution is 0.228.